The first-order valence-corrected chi connectivity index (χ1v) is 12.6. The molecule has 3 rings (SSSR count). The minimum Gasteiger partial charge on any atom is -0.489 e. The van der Waals surface area contributed by atoms with E-state index in [4.69, 9.17) is 10.5 Å². The van der Waals surface area contributed by atoms with Gasteiger partial charge in [0.05, 0.1) is 12.1 Å². The largest absolute Gasteiger partial charge is 0.489 e. The molecule has 2 aromatic carbocycles. The standard InChI is InChI=1S/C28H41N3O3/c1-21(2)19-27(29)28(33)30-16-14-25(15-17-30)31(18-13-22(3)32)24-9-11-26(12-10-24)34-20-23-7-5-4-6-8-23/h4-12,21-22,25,27,32H,13-20,29H2,1-3H3. The van der Waals surface area contributed by atoms with E-state index in [1.165, 1.54) is 0 Å². The van der Waals surface area contributed by atoms with Gasteiger partial charge in [-0.2, -0.15) is 0 Å². The predicted molar refractivity (Wildman–Crippen MR) is 138 cm³/mol. The first-order chi connectivity index (χ1) is 16.3. The molecular formula is C28H41N3O3. The Kier molecular flexibility index (Phi) is 9.78. The van der Waals surface area contributed by atoms with Crippen molar-refractivity contribution < 1.29 is 14.6 Å². The molecule has 0 bridgehead atoms. The Morgan fingerprint density at radius 3 is 2.32 bits per heavy atom. The van der Waals surface area contributed by atoms with Gasteiger partial charge in [0.25, 0.3) is 0 Å². The number of benzene rings is 2. The lowest BCUT2D eigenvalue weighted by Gasteiger charge is -2.40. The molecular weight excluding hydrogens is 426 g/mol. The van der Waals surface area contributed by atoms with E-state index in [0.717, 1.165) is 55.9 Å². The molecule has 1 fully saturated rings. The monoisotopic (exact) mass is 467 g/mol. The van der Waals surface area contributed by atoms with Crippen LogP contribution in [0.1, 0.15) is 52.0 Å². The molecule has 2 unspecified atom stereocenters. The zero-order chi connectivity index (χ0) is 24.5. The van der Waals surface area contributed by atoms with Gasteiger partial charge in [0.2, 0.25) is 5.91 Å². The van der Waals surface area contributed by atoms with Gasteiger partial charge in [0, 0.05) is 31.4 Å². The van der Waals surface area contributed by atoms with Gasteiger partial charge in [0.1, 0.15) is 12.4 Å². The van der Waals surface area contributed by atoms with E-state index < -0.39 is 6.04 Å². The van der Waals surface area contributed by atoms with Crippen LogP contribution in [0.5, 0.6) is 5.75 Å². The van der Waals surface area contributed by atoms with Gasteiger partial charge in [-0.3, -0.25) is 4.79 Å². The average molecular weight is 468 g/mol. The normalized spacial score (nSPS) is 16.4. The zero-order valence-electron chi connectivity index (χ0n) is 20.9. The highest BCUT2D eigenvalue weighted by Gasteiger charge is 2.29. The van der Waals surface area contributed by atoms with Gasteiger partial charge in [-0.25, -0.2) is 0 Å². The van der Waals surface area contributed by atoms with Crippen LogP contribution in [0.25, 0.3) is 0 Å². The zero-order valence-corrected chi connectivity index (χ0v) is 20.9. The van der Waals surface area contributed by atoms with Gasteiger partial charge in [0.15, 0.2) is 0 Å². The highest BCUT2D eigenvalue weighted by molar-refractivity contribution is 5.81. The number of nitrogens with two attached hydrogens (primary N) is 1. The van der Waals surface area contributed by atoms with E-state index in [0.29, 0.717) is 25.0 Å². The highest BCUT2D eigenvalue weighted by Crippen LogP contribution is 2.27. The van der Waals surface area contributed by atoms with Crippen LogP contribution >= 0.6 is 0 Å². The molecule has 1 amide bonds. The van der Waals surface area contributed by atoms with Crippen molar-refractivity contribution in [3.8, 4) is 5.75 Å². The van der Waals surface area contributed by atoms with Crippen LogP contribution in [0.2, 0.25) is 0 Å². The second-order valence-electron chi connectivity index (χ2n) is 9.89. The number of carbonyl (C=O) groups excluding carboxylic acids is 1. The van der Waals surface area contributed by atoms with E-state index in [1.54, 1.807) is 0 Å². The topological polar surface area (TPSA) is 79.0 Å². The van der Waals surface area contributed by atoms with Crippen molar-refractivity contribution in [3.63, 3.8) is 0 Å². The number of amides is 1. The fourth-order valence-corrected chi connectivity index (χ4v) is 4.56. The molecule has 3 N–H and O–H groups in total. The van der Waals surface area contributed by atoms with Crippen LogP contribution in [-0.2, 0) is 11.4 Å². The Hall–Kier alpha value is -2.57. The summed E-state index contributed by atoms with van der Waals surface area (Å²) < 4.78 is 5.95. The van der Waals surface area contributed by atoms with Crippen molar-refractivity contribution in [2.24, 2.45) is 11.7 Å². The van der Waals surface area contributed by atoms with Crippen molar-refractivity contribution in [1.29, 1.82) is 0 Å². The Bertz CT molecular complexity index is 862. The number of nitrogens with zero attached hydrogens (tertiary/aromatic N) is 2. The summed E-state index contributed by atoms with van der Waals surface area (Å²) in [6.07, 6.45) is 2.85. The van der Waals surface area contributed by atoms with E-state index in [9.17, 15) is 9.90 Å². The number of ether oxygens (including phenoxy) is 1. The van der Waals surface area contributed by atoms with Crippen LogP contribution in [0, 0.1) is 5.92 Å². The Balaban J connectivity index is 1.61. The average Bonchev–Trinajstić information content (AvgIpc) is 2.83. The molecule has 6 nitrogen and oxygen atoms in total. The molecule has 186 valence electrons. The van der Waals surface area contributed by atoms with Crippen LogP contribution in [0.3, 0.4) is 0 Å². The molecule has 0 radical (unpaired) electrons. The molecule has 34 heavy (non-hydrogen) atoms. The molecule has 1 saturated heterocycles. The predicted octanol–water partition coefficient (Wildman–Crippen LogP) is 4.21. The lowest BCUT2D eigenvalue weighted by molar-refractivity contribution is -0.134. The molecule has 6 heteroatoms. The summed E-state index contributed by atoms with van der Waals surface area (Å²) in [5.41, 5.74) is 8.41. The minimum absolute atomic E-state index is 0.0719. The first-order valence-electron chi connectivity index (χ1n) is 12.6. The number of rotatable bonds is 11. The van der Waals surface area contributed by atoms with Gasteiger partial charge in [-0.1, -0.05) is 44.2 Å². The Morgan fingerprint density at radius 2 is 1.74 bits per heavy atom. The smallest absolute Gasteiger partial charge is 0.239 e. The summed E-state index contributed by atoms with van der Waals surface area (Å²) in [6, 6.07) is 18.3. The minimum atomic E-state index is -0.411. The maximum absolute atomic E-state index is 12.7. The fourth-order valence-electron chi connectivity index (χ4n) is 4.56. The van der Waals surface area contributed by atoms with Crippen molar-refractivity contribution in [2.75, 3.05) is 24.5 Å². The lowest BCUT2D eigenvalue weighted by atomic mass is 9.99. The Labute approximate surface area is 204 Å². The van der Waals surface area contributed by atoms with Crippen molar-refractivity contribution >= 4 is 11.6 Å². The summed E-state index contributed by atoms with van der Waals surface area (Å²) in [5.74, 6) is 1.32. The van der Waals surface area contributed by atoms with Crippen molar-refractivity contribution in [2.45, 2.75) is 71.2 Å². The highest BCUT2D eigenvalue weighted by atomic mass is 16.5. The molecule has 0 aromatic heterocycles. The van der Waals surface area contributed by atoms with Gasteiger partial charge < -0.3 is 25.4 Å². The summed E-state index contributed by atoms with van der Waals surface area (Å²) in [5, 5.41) is 9.90. The number of anilines is 1. The first kappa shape index (κ1) is 26.0. The third kappa shape index (κ3) is 7.74. The molecule has 1 aliphatic rings. The third-order valence-corrected chi connectivity index (χ3v) is 6.46. The maximum atomic E-state index is 12.7. The van der Waals surface area contributed by atoms with Gasteiger partial charge >= 0.3 is 0 Å². The number of hydrogen-bond acceptors (Lipinski definition) is 5. The fraction of sp³-hybridized carbons (Fsp3) is 0.536. The maximum Gasteiger partial charge on any atom is 0.239 e. The van der Waals surface area contributed by atoms with E-state index >= 15 is 0 Å². The summed E-state index contributed by atoms with van der Waals surface area (Å²) in [4.78, 5) is 17.0. The molecule has 1 aliphatic heterocycles. The van der Waals surface area contributed by atoms with Crippen molar-refractivity contribution in [3.05, 3.63) is 60.2 Å². The SMILES string of the molecule is CC(C)CC(N)C(=O)N1CCC(N(CCC(C)O)c2ccc(OCc3ccccc3)cc2)CC1. The van der Waals surface area contributed by atoms with Crippen LogP contribution in [-0.4, -0.2) is 53.7 Å². The quantitative estimate of drug-likeness (QED) is 0.518. The number of aliphatic hydroxyl groups is 1. The molecule has 0 aliphatic carbocycles. The van der Waals surface area contributed by atoms with E-state index in [2.05, 4.69) is 43.0 Å². The number of piperidine rings is 1. The lowest BCUT2D eigenvalue weighted by Crippen LogP contribution is -2.51. The molecule has 2 aromatic rings. The number of likely N-dealkylation sites (tertiary alicyclic amines) is 1. The molecule has 2 atom stereocenters. The van der Waals surface area contributed by atoms with Gasteiger partial charge in [-0.05, 0) is 68.4 Å². The van der Waals surface area contributed by atoms with Crippen molar-refractivity contribution in [1.82, 2.24) is 4.90 Å². The summed E-state index contributed by atoms with van der Waals surface area (Å²) in [6.45, 7) is 8.77. The molecule has 1 heterocycles. The third-order valence-electron chi connectivity index (χ3n) is 6.46. The van der Waals surface area contributed by atoms with E-state index in [1.807, 2.05) is 42.2 Å². The van der Waals surface area contributed by atoms with E-state index in [-0.39, 0.29) is 12.0 Å². The number of aliphatic hydroxyl groups excluding tert-OH is 1. The molecule has 0 saturated carbocycles. The Morgan fingerprint density at radius 1 is 1.09 bits per heavy atom. The summed E-state index contributed by atoms with van der Waals surface area (Å²) in [7, 11) is 0. The van der Waals surface area contributed by atoms with Crippen LogP contribution in [0.4, 0.5) is 5.69 Å². The number of hydrogen-bond donors (Lipinski definition) is 2. The van der Waals surface area contributed by atoms with Crippen LogP contribution < -0.4 is 15.4 Å². The van der Waals surface area contributed by atoms with Gasteiger partial charge in [-0.15, -0.1) is 0 Å². The molecule has 0 spiro atoms. The second-order valence-corrected chi connectivity index (χ2v) is 9.89. The van der Waals surface area contributed by atoms with Crippen LogP contribution in [0.15, 0.2) is 54.6 Å². The number of carbonyl (C=O) groups is 1. The second kappa shape index (κ2) is 12.8. The summed E-state index contributed by atoms with van der Waals surface area (Å²) >= 11 is 0.